The lowest BCUT2D eigenvalue weighted by Gasteiger charge is -2.24. The van der Waals surface area contributed by atoms with Gasteiger partial charge >= 0.3 is 5.97 Å². The molecule has 0 spiro atoms. The van der Waals surface area contributed by atoms with Crippen molar-refractivity contribution in [3.8, 4) is 11.4 Å². The molecule has 2 aromatic heterocycles. The van der Waals surface area contributed by atoms with Crippen LogP contribution in [0.2, 0.25) is 5.02 Å². The zero-order valence-corrected chi connectivity index (χ0v) is 23.9. The van der Waals surface area contributed by atoms with Crippen LogP contribution in [-0.4, -0.2) is 28.8 Å². The molecule has 0 fully saturated rings. The number of benzene rings is 2. The molecule has 1 aliphatic heterocycles. The van der Waals surface area contributed by atoms with Gasteiger partial charge < -0.3 is 14.0 Å². The Kier molecular flexibility index (Phi) is 7.34. The summed E-state index contributed by atoms with van der Waals surface area (Å²) in [6, 6.07) is 16.4. The number of methoxy groups -OCH3 is 1. The largest absolute Gasteiger partial charge is 0.497 e. The molecule has 5 rings (SSSR count). The van der Waals surface area contributed by atoms with Crippen LogP contribution in [0.5, 0.6) is 5.75 Å². The Balaban J connectivity index is 1.68. The number of halogens is 1. The molecule has 0 unspecified atom stereocenters. The molecular formula is C30H28ClN3O4S. The minimum absolute atomic E-state index is 0.217. The predicted octanol–water partition coefficient (Wildman–Crippen LogP) is 4.87. The Morgan fingerprint density at radius 2 is 1.79 bits per heavy atom. The van der Waals surface area contributed by atoms with Crippen molar-refractivity contribution in [2.24, 2.45) is 4.99 Å². The number of aromatic nitrogens is 2. The van der Waals surface area contributed by atoms with Crippen LogP contribution < -0.4 is 19.6 Å². The van der Waals surface area contributed by atoms with Crippen molar-refractivity contribution in [2.45, 2.75) is 33.7 Å². The molecular weight excluding hydrogens is 534 g/mol. The van der Waals surface area contributed by atoms with Crippen molar-refractivity contribution in [1.82, 2.24) is 9.13 Å². The Bertz CT molecular complexity index is 1780. The first-order valence-electron chi connectivity index (χ1n) is 12.5. The van der Waals surface area contributed by atoms with Crippen molar-refractivity contribution >= 4 is 35.0 Å². The van der Waals surface area contributed by atoms with Gasteiger partial charge in [-0.25, -0.2) is 9.79 Å². The third kappa shape index (κ3) is 4.86. The summed E-state index contributed by atoms with van der Waals surface area (Å²) in [6.45, 7) is 7.80. The van der Waals surface area contributed by atoms with E-state index in [1.54, 1.807) is 25.5 Å². The fourth-order valence-electron chi connectivity index (χ4n) is 4.96. The summed E-state index contributed by atoms with van der Waals surface area (Å²) in [5.74, 6) is 0.195. The zero-order chi connectivity index (χ0) is 27.8. The second-order valence-corrected chi connectivity index (χ2v) is 10.7. The molecule has 2 aromatic carbocycles. The van der Waals surface area contributed by atoms with Crippen molar-refractivity contribution in [3.05, 3.63) is 113 Å². The number of esters is 1. The molecule has 1 atom stereocenters. The van der Waals surface area contributed by atoms with E-state index in [-0.39, 0.29) is 12.2 Å². The summed E-state index contributed by atoms with van der Waals surface area (Å²) in [7, 11) is 1.59. The highest BCUT2D eigenvalue weighted by atomic mass is 35.5. The van der Waals surface area contributed by atoms with E-state index < -0.39 is 12.0 Å². The number of rotatable bonds is 6. The van der Waals surface area contributed by atoms with Gasteiger partial charge in [-0.15, -0.1) is 0 Å². The second kappa shape index (κ2) is 10.7. The minimum Gasteiger partial charge on any atom is -0.497 e. The van der Waals surface area contributed by atoms with Crippen LogP contribution in [0.3, 0.4) is 0 Å². The Morgan fingerprint density at radius 3 is 2.44 bits per heavy atom. The zero-order valence-electron chi connectivity index (χ0n) is 22.3. The van der Waals surface area contributed by atoms with Gasteiger partial charge in [-0.1, -0.05) is 35.1 Å². The Labute approximate surface area is 234 Å². The second-order valence-electron chi connectivity index (χ2n) is 9.21. The number of allylic oxidation sites excluding steroid dienone is 1. The molecule has 0 saturated carbocycles. The number of carbonyl (C=O) groups is 1. The fraction of sp³-hybridized carbons (Fsp3) is 0.233. The smallest absolute Gasteiger partial charge is 0.338 e. The van der Waals surface area contributed by atoms with Crippen LogP contribution in [0.1, 0.15) is 42.4 Å². The number of hydrogen-bond donors (Lipinski definition) is 0. The summed E-state index contributed by atoms with van der Waals surface area (Å²) < 4.78 is 14.9. The quantitative estimate of drug-likeness (QED) is 0.315. The highest BCUT2D eigenvalue weighted by molar-refractivity contribution is 7.07. The van der Waals surface area contributed by atoms with E-state index in [0.717, 1.165) is 28.2 Å². The Hall–Kier alpha value is -3.88. The average molecular weight is 562 g/mol. The van der Waals surface area contributed by atoms with Crippen molar-refractivity contribution < 1.29 is 14.3 Å². The fourth-order valence-corrected chi connectivity index (χ4v) is 6.12. The normalized spacial score (nSPS) is 15.2. The number of fused-ring (bicyclic) bond motifs is 1. The minimum atomic E-state index is -0.671. The van der Waals surface area contributed by atoms with E-state index in [4.69, 9.17) is 21.1 Å². The molecule has 7 nitrogen and oxygen atoms in total. The number of aryl methyl sites for hydroxylation is 1. The van der Waals surface area contributed by atoms with Crippen molar-refractivity contribution in [3.63, 3.8) is 0 Å². The predicted molar refractivity (Wildman–Crippen MR) is 154 cm³/mol. The molecule has 0 saturated heterocycles. The van der Waals surface area contributed by atoms with Gasteiger partial charge in [-0.3, -0.25) is 9.36 Å². The molecule has 0 radical (unpaired) electrons. The summed E-state index contributed by atoms with van der Waals surface area (Å²) in [5.41, 5.74) is 5.37. The third-order valence-corrected chi connectivity index (χ3v) is 8.03. The monoisotopic (exact) mass is 561 g/mol. The highest BCUT2D eigenvalue weighted by Gasteiger charge is 2.33. The van der Waals surface area contributed by atoms with Crippen molar-refractivity contribution in [2.75, 3.05) is 13.7 Å². The molecule has 3 heterocycles. The lowest BCUT2D eigenvalue weighted by Crippen LogP contribution is -2.39. The van der Waals surface area contributed by atoms with Gasteiger partial charge in [-0.05, 0) is 87.4 Å². The van der Waals surface area contributed by atoms with Gasteiger partial charge in [0.05, 0.1) is 35.6 Å². The van der Waals surface area contributed by atoms with Gasteiger partial charge in [0, 0.05) is 22.1 Å². The van der Waals surface area contributed by atoms with E-state index in [1.807, 2.05) is 68.5 Å². The van der Waals surface area contributed by atoms with Crippen LogP contribution in [0, 0.1) is 13.8 Å². The molecule has 39 heavy (non-hydrogen) atoms. The molecule has 1 aliphatic rings. The number of carbonyl (C=O) groups excluding carboxylic acids is 1. The Morgan fingerprint density at radius 1 is 1.10 bits per heavy atom. The van der Waals surface area contributed by atoms with Crippen LogP contribution in [-0.2, 0) is 9.53 Å². The van der Waals surface area contributed by atoms with E-state index in [9.17, 15) is 9.59 Å². The summed E-state index contributed by atoms with van der Waals surface area (Å²) in [6.07, 6.45) is 1.90. The third-order valence-electron chi connectivity index (χ3n) is 6.79. The van der Waals surface area contributed by atoms with Gasteiger partial charge in [0.2, 0.25) is 0 Å². The van der Waals surface area contributed by atoms with Crippen LogP contribution in [0.4, 0.5) is 0 Å². The number of nitrogens with zero attached hydrogens (tertiary/aromatic N) is 3. The van der Waals surface area contributed by atoms with E-state index >= 15 is 0 Å². The van der Waals surface area contributed by atoms with Gasteiger partial charge in [0.25, 0.3) is 5.56 Å². The van der Waals surface area contributed by atoms with E-state index in [2.05, 4.69) is 15.6 Å². The molecule has 4 aromatic rings. The molecule has 0 N–H and O–H groups in total. The first-order chi connectivity index (χ1) is 18.7. The maximum atomic E-state index is 13.9. The molecule has 0 amide bonds. The van der Waals surface area contributed by atoms with Gasteiger partial charge in [0.15, 0.2) is 4.80 Å². The van der Waals surface area contributed by atoms with Crippen LogP contribution >= 0.6 is 22.9 Å². The SMILES string of the molecule is CCOC(=O)C1=C(C)N=c2s/c(=C/c3cc(C)n(-c4ccc(Cl)cc4)c3C)c(=O)n2[C@H]1c1ccc(OC)cc1. The summed E-state index contributed by atoms with van der Waals surface area (Å²) in [4.78, 5) is 32.2. The molecule has 0 bridgehead atoms. The average Bonchev–Trinajstić information content (AvgIpc) is 3.38. The lowest BCUT2D eigenvalue weighted by atomic mass is 9.96. The number of hydrogen-bond acceptors (Lipinski definition) is 6. The molecule has 0 aliphatic carbocycles. The highest BCUT2D eigenvalue weighted by Crippen LogP contribution is 2.31. The van der Waals surface area contributed by atoms with Crippen molar-refractivity contribution in [1.29, 1.82) is 0 Å². The molecule has 200 valence electrons. The first kappa shape index (κ1) is 26.7. The van der Waals surface area contributed by atoms with Gasteiger partial charge in [0.1, 0.15) is 5.75 Å². The number of ether oxygens (including phenoxy) is 2. The lowest BCUT2D eigenvalue weighted by molar-refractivity contribution is -0.139. The van der Waals surface area contributed by atoms with Gasteiger partial charge in [-0.2, -0.15) is 0 Å². The maximum absolute atomic E-state index is 13.9. The van der Waals surface area contributed by atoms with Crippen LogP contribution in [0.25, 0.3) is 11.8 Å². The molecule has 9 heteroatoms. The van der Waals surface area contributed by atoms with Crippen LogP contribution in [0.15, 0.2) is 75.7 Å². The maximum Gasteiger partial charge on any atom is 0.338 e. The first-order valence-corrected chi connectivity index (χ1v) is 13.7. The van der Waals surface area contributed by atoms with E-state index in [0.29, 0.717) is 31.4 Å². The number of thiazole rings is 1. The summed E-state index contributed by atoms with van der Waals surface area (Å²) >= 11 is 7.39. The van der Waals surface area contributed by atoms with E-state index in [1.165, 1.54) is 11.3 Å². The topological polar surface area (TPSA) is 74.8 Å². The standard InChI is InChI=1S/C30H28ClN3O4S/c1-6-38-29(36)26-18(3)32-30-34(27(26)20-7-13-24(37-5)14-8-20)28(35)25(39-30)16-21-15-17(2)33(19(21)4)23-11-9-22(31)10-12-23/h7-16,27H,6H2,1-5H3/b25-16+/t27-/m0/s1. The summed E-state index contributed by atoms with van der Waals surface area (Å²) in [5, 5.41) is 0.673.